The Hall–Kier alpha value is -2.57. The van der Waals surface area contributed by atoms with Crippen molar-refractivity contribution in [3.05, 3.63) is 46.5 Å². The first-order valence-electron chi connectivity index (χ1n) is 5.21. The molecule has 0 aliphatic carbocycles. The minimum atomic E-state index is -0.528. The molecule has 0 saturated carbocycles. The molecule has 94 valence electrons. The van der Waals surface area contributed by atoms with Gasteiger partial charge in [0, 0.05) is 32.6 Å². The zero-order valence-corrected chi connectivity index (χ0v) is 9.95. The van der Waals surface area contributed by atoms with Crippen molar-refractivity contribution in [1.82, 2.24) is 9.13 Å². The van der Waals surface area contributed by atoms with Crippen molar-refractivity contribution >= 4 is 17.3 Å². The van der Waals surface area contributed by atoms with Crippen LogP contribution in [-0.2, 0) is 14.1 Å². The van der Waals surface area contributed by atoms with Crippen LogP contribution in [0.2, 0.25) is 0 Å². The maximum absolute atomic E-state index is 11.9. The van der Waals surface area contributed by atoms with E-state index in [4.69, 9.17) is 0 Å². The molecule has 0 spiro atoms. The van der Waals surface area contributed by atoms with Crippen LogP contribution in [0, 0.1) is 10.1 Å². The first-order chi connectivity index (χ1) is 8.47. The molecule has 0 radical (unpaired) electrons. The molecule has 0 aliphatic heterocycles. The lowest BCUT2D eigenvalue weighted by atomic mass is 10.3. The van der Waals surface area contributed by atoms with Gasteiger partial charge >= 0.3 is 0 Å². The third-order valence-electron chi connectivity index (χ3n) is 2.52. The largest absolute Gasteiger partial charge is 0.355 e. The second kappa shape index (κ2) is 4.36. The van der Waals surface area contributed by atoms with E-state index in [1.54, 1.807) is 30.1 Å². The van der Waals surface area contributed by atoms with Crippen molar-refractivity contribution in [2.75, 3.05) is 5.32 Å². The summed E-state index contributed by atoms with van der Waals surface area (Å²) in [7, 11) is 3.43. The van der Waals surface area contributed by atoms with E-state index in [0.717, 1.165) is 0 Å². The molecule has 0 fully saturated rings. The Morgan fingerprint density at radius 3 is 2.61 bits per heavy atom. The molecule has 7 nitrogen and oxygen atoms in total. The third kappa shape index (κ3) is 2.24. The molecule has 1 N–H and O–H groups in total. The number of nitro groups is 1. The molecule has 2 heterocycles. The van der Waals surface area contributed by atoms with Crippen molar-refractivity contribution in [3.8, 4) is 0 Å². The predicted octanol–water partition coefficient (Wildman–Crippen LogP) is 1.52. The number of anilines is 1. The minimum Gasteiger partial charge on any atom is -0.355 e. The van der Waals surface area contributed by atoms with Gasteiger partial charge in [0.05, 0.1) is 16.8 Å². The molecule has 2 rings (SSSR count). The van der Waals surface area contributed by atoms with Gasteiger partial charge in [-0.15, -0.1) is 0 Å². The number of aromatic nitrogens is 2. The number of aryl methyl sites for hydroxylation is 2. The number of amides is 1. The van der Waals surface area contributed by atoms with Gasteiger partial charge in [-0.1, -0.05) is 0 Å². The third-order valence-corrected chi connectivity index (χ3v) is 2.52. The molecule has 2 aromatic rings. The molecule has 1 amide bonds. The SMILES string of the molecule is Cn1ccc(NC(=O)c2cc([N+](=O)[O-])cn2C)c1. The maximum Gasteiger partial charge on any atom is 0.287 e. The number of carbonyl (C=O) groups excluding carboxylic acids is 1. The highest BCUT2D eigenvalue weighted by Crippen LogP contribution is 2.16. The second-order valence-corrected chi connectivity index (χ2v) is 3.97. The molecule has 18 heavy (non-hydrogen) atoms. The average Bonchev–Trinajstić information content (AvgIpc) is 2.85. The number of carbonyl (C=O) groups is 1. The molecule has 0 bridgehead atoms. The summed E-state index contributed by atoms with van der Waals surface area (Å²) >= 11 is 0. The van der Waals surface area contributed by atoms with Crippen LogP contribution in [-0.4, -0.2) is 20.0 Å². The van der Waals surface area contributed by atoms with Crippen molar-refractivity contribution in [1.29, 1.82) is 0 Å². The minimum absolute atomic E-state index is 0.101. The van der Waals surface area contributed by atoms with Gasteiger partial charge in [-0.3, -0.25) is 14.9 Å². The summed E-state index contributed by atoms with van der Waals surface area (Å²) in [6.45, 7) is 0. The van der Waals surface area contributed by atoms with Gasteiger partial charge < -0.3 is 14.5 Å². The number of hydrogen-bond donors (Lipinski definition) is 1. The Labute approximate surface area is 103 Å². The fourth-order valence-corrected chi connectivity index (χ4v) is 1.65. The van der Waals surface area contributed by atoms with Gasteiger partial charge in [-0.25, -0.2) is 0 Å². The number of nitrogens with zero attached hydrogens (tertiary/aromatic N) is 3. The molecule has 0 saturated heterocycles. The molecule has 0 atom stereocenters. The van der Waals surface area contributed by atoms with Crippen LogP contribution in [0.1, 0.15) is 10.5 Å². The highest BCUT2D eigenvalue weighted by molar-refractivity contribution is 6.03. The molecular formula is C11H12N4O3. The number of rotatable bonds is 3. The zero-order valence-electron chi connectivity index (χ0n) is 9.95. The summed E-state index contributed by atoms with van der Waals surface area (Å²) in [6.07, 6.45) is 4.85. The molecular weight excluding hydrogens is 236 g/mol. The van der Waals surface area contributed by atoms with E-state index in [9.17, 15) is 14.9 Å². The van der Waals surface area contributed by atoms with Gasteiger partial charge in [-0.2, -0.15) is 0 Å². The van der Waals surface area contributed by atoms with E-state index in [2.05, 4.69) is 5.32 Å². The second-order valence-electron chi connectivity index (χ2n) is 3.97. The summed E-state index contributed by atoms with van der Waals surface area (Å²) in [5.41, 5.74) is 0.785. The van der Waals surface area contributed by atoms with Crippen LogP contribution in [0.4, 0.5) is 11.4 Å². The lowest BCUT2D eigenvalue weighted by Gasteiger charge is -2.02. The van der Waals surface area contributed by atoms with Crippen molar-refractivity contribution < 1.29 is 9.72 Å². The predicted molar refractivity (Wildman–Crippen MR) is 65.4 cm³/mol. The summed E-state index contributed by atoms with van der Waals surface area (Å²) in [5.74, 6) is -0.378. The van der Waals surface area contributed by atoms with Gasteiger partial charge in [0.25, 0.3) is 11.6 Å². The Morgan fingerprint density at radius 1 is 1.39 bits per heavy atom. The normalized spacial score (nSPS) is 10.3. The van der Waals surface area contributed by atoms with Gasteiger partial charge in [-0.05, 0) is 6.07 Å². The van der Waals surface area contributed by atoms with E-state index >= 15 is 0 Å². The number of nitrogens with one attached hydrogen (secondary N) is 1. The lowest BCUT2D eigenvalue weighted by molar-refractivity contribution is -0.384. The quantitative estimate of drug-likeness (QED) is 0.660. The highest BCUT2D eigenvalue weighted by Gasteiger charge is 2.17. The number of hydrogen-bond acceptors (Lipinski definition) is 3. The van der Waals surface area contributed by atoms with Crippen LogP contribution >= 0.6 is 0 Å². The molecule has 0 aromatic carbocycles. The zero-order chi connectivity index (χ0) is 13.3. The Morgan fingerprint density at radius 2 is 2.11 bits per heavy atom. The van der Waals surface area contributed by atoms with Gasteiger partial charge in [0.15, 0.2) is 0 Å². The summed E-state index contributed by atoms with van der Waals surface area (Å²) < 4.78 is 3.22. The Bertz CT molecular complexity index is 612. The Balaban J connectivity index is 2.21. The topological polar surface area (TPSA) is 82.1 Å². The van der Waals surface area contributed by atoms with E-state index < -0.39 is 4.92 Å². The summed E-state index contributed by atoms with van der Waals surface area (Å²) in [5, 5.41) is 13.3. The monoisotopic (exact) mass is 248 g/mol. The molecule has 0 aliphatic rings. The summed E-state index contributed by atoms with van der Waals surface area (Å²) in [4.78, 5) is 22.0. The fraction of sp³-hybridized carbons (Fsp3) is 0.182. The molecule has 0 unspecified atom stereocenters. The van der Waals surface area contributed by atoms with E-state index in [1.807, 2.05) is 7.05 Å². The first kappa shape index (κ1) is 11.9. The van der Waals surface area contributed by atoms with Crippen molar-refractivity contribution in [2.24, 2.45) is 14.1 Å². The van der Waals surface area contributed by atoms with Crippen LogP contribution in [0.5, 0.6) is 0 Å². The standard InChI is InChI=1S/C11H12N4O3/c1-13-4-3-8(6-13)12-11(16)10-5-9(15(17)18)7-14(10)2/h3-7H,1-2H3,(H,12,16). The van der Waals surface area contributed by atoms with E-state index in [-0.39, 0.29) is 17.3 Å². The van der Waals surface area contributed by atoms with Gasteiger partial charge in [0.1, 0.15) is 5.69 Å². The fourth-order valence-electron chi connectivity index (χ4n) is 1.65. The smallest absolute Gasteiger partial charge is 0.287 e. The van der Waals surface area contributed by atoms with Crippen molar-refractivity contribution in [2.45, 2.75) is 0 Å². The van der Waals surface area contributed by atoms with Crippen LogP contribution in [0.3, 0.4) is 0 Å². The van der Waals surface area contributed by atoms with Gasteiger partial charge in [0.2, 0.25) is 0 Å². The van der Waals surface area contributed by atoms with Crippen LogP contribution in [0.15, 0.2) is 30.7 Å². The lowest BCUT2D eigenvalue weighted by Crippen LogP contribution is -2.14. The van der Waals surface area contributed by atoms with Crippen LogP contribution < -0.4 is 5.32 Å². The summed E-state index contributed by atoms with van der Waals surface area (Å²) in [6, 6.07) is 2.99. The Kier molecular flexibility index (Phi) is 2.88. The van der Waals surface area contributed by atoms with E-state index in [0.29, 0.717) is 5.69 Å². The molecule has 7 heteroatoms. The van der Waals surface area contributed by atoms with Crippen molar-refractivity contribution in [3.63, 3.8) is 0 Å². The highest BCUT2D eigenvalue weighted by atomic mass is 16.6. The average molecular weight is 248 g/mol. The van der Waals surface area contributed by atoms with Crippen LogP contribution in [0.25, 0.3) is 0 Å². The first-order valence-corrected chi connectivity index (χ1v) is 5.21. The maximum atomic E-state index is 11.9. The van der Waals surface area contributed by atoms with E-state index in [1.165, 1.54) is 16.8 Å². The molecule has 2 aromatic heterocycles.